The van der Waals surface area contributed by atoms with Crippen LogP contribution < -0.4 is 5.32 Å². The number of carbonyl (C=O) groups is 2. The van der Waals surface area contributed by atoms with E-state index in [4.69, 9.17) is 4.52 Å². The maximum absolute atomic E-state index is 13.0. The number of hydrogen-bond acceptors (Lipinski definition) is 6. The molecular weight excluding hydrogens is 390 g/mol. The number of aromatic nitrogens is 1. The van der Waals surface area contributed by atoms with Crippen molar-refractivity contribution in [3.63, 3.8) is 0 Å². The van der Waals surface area contributed by atoms with Gasteiger partial charge in [0.1, 0.15) is 0 Å². The average Bonchev–Trinajstić information content (AvgIpc) is 3.31. The van der Waals surface area contributed by atoms with E-state index in [1.165, 1.54) is 0 Å². The molecule has 1 N–H and O–H groups in total. The summed E-state index contributed by atoms with van der Waals surface area (Å²) in [6.45, 7) is 6.02. The summed E-state index contributed by atoms with van der Waals surface area (Å²) in [7, 11) is 0. The standard InChI is InChI=1S/C20H27N5O3S/c1-3-8-25-18(26)16(5-12-29-2)22-20(25)6-10-23(11-7-20)19(27)24-9-4-17-15(14-24)13-21-28-17/h3-4,9,13,16,22H,1,5-8,10-12,14H2,2H3. The van der Waals surface area contributed by atoms with Crippen LogP contribution in [0.1, 0.15) is 30.6 Å². The number of urea groups is 1. The minimum absolute atomic E-state index is 0.0264. The Hall–Kier alpha value is -2.26. The Labute approximate surface area is 174 Å². The summed E-state index contributed by atoms with van der Waals surface area (Å²) in [6, 6.07) is -0.178. The fourth-order valence-electron chi connectivity index (χ4n) is 4.40. The fraction of sp³-hybridized carbons (Fsp3) is 0.550. The molecule has 4 rings (SSSR count). The number of nitrogens with zero attached hydrogens (tertiary/aromatic N) is 4. The summed E-state index contributed by atoms with van der Waals surface area (Å²) in [5.41, 5.74) is 0.524. The molecule has 4 heterocycles. The van der Waals surface area contributed by atoms with Gasteiger partial charge >= 0.3 is 6.03 Å². The van der Waals surface area contributed by atoms with Gasteiger partial charge in [-0.05, 0) is 18.4 Å². The minimum atomic E-state index is -0.384. The highest BCUT2D eigenvalue weighted by Crippen LogP contribution is 2.34. The molecule has 1 aromatic heterocycles. The van der Waals surface area contributed by atoms with Crippen molar-refractivity contribution in [1.29, 1.82) is 0 Å². The molecule has 3 aliphatic rings. The SMILES string of the molecule is C=CCN1C(=O)C(CCSC)NC12CCN(C(=O)N1C=Cc3oncc3C1)CC2. The second kappa shape index (κ2) is 8.23. The molecule has 0 radical (unpaired) electrons. The van der Waals surface area contributed by atoms with E-state index in [2.05, 4.69) is 23.3 Å². The molecule has 156 valence electrons. The third-order valence-electron chi connectivity index (χ3n) is 5.98. The molecule has 1 spiro atoms. The monoisotopic (exact) mass is 417 g/mol. The smallest absolute Gasteiger partial charge is 0.324 e. The average molecular weight is 418 g/mol. The van der Waals surface area contributed by atoms with E-state index in [0.29, 0.717) is 44.8 Å². The van der Waals surface area contributed by atoms with Gasteiger partial charge in [0.25, 0.3) is 0 Å². The topological polar surface area (TPSA) is 81.9 Å². The molecule has 3 amide bonds. The van der Waals surface area contributed by atoms with E-state index in [-0.39, 0.29) is 23.6 Å². The van der Waals surface area contributed by atoms with E-state index >= 15 is 0 Å². The number of hydrogen-bond donors (Lipinski definition) is 1. The van der Waals surface area contributed by atoms with Gasteiger partial charge in [-0.3, -0.25) is 15.0 Å². The number of fused-ring (bicyclic) bond motifs is 1. The Morgan fingerprint density at radius 2 is 2.28 bits per heavy atom. The van der Waals surface area contributed by atoms with Gasteiger partial charge in [-0.1, -0.05) is 11.2 Å². The lowest BCUT2D eigenvalue weighted by Gasteiger charge is -2.45. The number of likely N-dealkylation sites (tertiary alicyclic amines) is 1. The molecule has 0 aromatic carbocycles. The quantitative estimate of drug-likeness (QED) is 0.739. The van der Waals surface area contributed by atoms with Crippen LogP contribution in [0, 0.1) is 0 Å². The number of carbonyl (C=O) groups excluding carboxylic acids is 2. The van der Waals surface area contributed by atoms with Crippen molar-refractivity contribution in [3.05, 3.63) is 36.4 Å². The van der Waals surface area contributed by atoms with Gasteiger partial charge in [-0.25, -0.2) is 4.79 Å². The number of nitrogens with one attached hydrogen (secondary N) is 1. The molecule has 2 saturated heterocycles. The van der Waals surface area contributed by atoms with Crippen LogP contribution in [0.5, 0.6) is 0 Å². The lowest BCUT2D eigenvalue weighted by Crippen LogP contribution is -2.60. The van der Waals surface area contributed by atoms with Crippen LogP contribution in [0.3, 0.4) is 0 Å². The van der Waals surface area contributed by atoms with E-state index in [1.54, 1.807) is 41.2 Å². The van der Waals surface area contributed by atoms with Crippen LogP contribution in [-0.4, -0.2) is 75.1 Å². The van der Waals surface area contributed by atoms with E-state index in [9.17, 15) is 9.59 Å². The molecule has 2 fully saturated rings. The zero-order chi connectivity index (χ0) is 20.4. The highest BCUT2D eigenvalue weighted by atomic mass is 32.2. The zero-order valence-electron chi connectivity index (χ0n) is 16.7. The first-order chi connectivity index (χ1) is 14.1. The molecule has 1 aromatic rings. The fourth-order valence-corrected chi connectivity index (χ4v) is 4.87. The molecule has 0 aliphatic carbocycles. The highest BCUT2D eigenvalue weighted by molar-refractivity contribution is 7.98. The first-order valence-corrected chi connectivity index (χ1v) is 11.3. The van der Waals surface area contributed by atoms with Crippen LogP contribution in [0.2, 0.25) is 0 Å². The lowest BCUT2D eigenvalue weighted by molar-refractivity contribution is -0.132. The molecule has 0 saturated carbocycles. The van der Waals surface area contributed by atoms with Crippen LogP contribution in [0.15, 0.2) is 29.6 Å². The normalized spacial score (nSPS) is 23.0. The highest BCUT2D eigenvalue weighted by Gasteiger charge is 2.51. The first-order valence-electron chi connectivity index (χ1n) is 9.94. The number of thioether (sulfide) groups is 1. The van der Waals surface area contributed by atoms with Crippen LogP contribution in [0.25, 0.3) is 6.08 Å². The maximum atomic E-state index is 13.0. The van der Waals surface area contributed by atoms with Gasteiger partial charge in [-0.15, -0.1) is 6.58 Å². The Morgan fingerprint density at radius 3 is 3.00 bits per heavy atom. The third kappa shape index (κ3) is 3.69. The van der Waals surface area contributed by atoms with Crippen molar-refractivity contribution >= 4 is 29.8 Å². The summed E-state index contributed by atoms with van der Waals surface area (Å²) < 4.78 is 5.13. The van der Waals surface area contributed by atoms with Gasteiger partial charge in [0.2, 0.25) is 5.91 Å². The van der Waals surface area contributed by atoms with Crippen molar-refractivity contribution in [2.75, 3.05) is 31.6 Å². The molecule has 29 heavy (non-hydrogen) atoms. The van der Waals surface area contributed by atoms with E-state index in [0.717, 1.165) is 17.7 Å². The maximum Gasteiger partial charge on any atom is 0.324 e. The van der Waals surface area contributed by atoms with E-state index < -0.39 is 0 Å². The van der Waals surface area contributed by atoms with Gasteiger partial charge in [0.15, 0.2) is 5.76 Å². The minimum Gasteiger partial charge on any atom is -0.357 e. The van der Waals surface area contributed by atoms with Crippen molar-refractivity contribution < 1.29 is 14.1 Å². The number of piperidine rings is 1. The summed E-state index contributed by atoms with van der Waals surface area (Å²) >= 11 is 1.75. The second-order valence-electron chi connectivity index (χ2n) is 7.68. The van der Waals surface area contributed by atoms with Crippen molar-refractivity contribution in [2.24, 2.45) is 0 Å². The molecule has 1 atom stereocenters. The molecule has 3 aliphatic heterocycles. The summed E-state index contributed by atoms with van der Waals surface area (Å²) in [6.07, 6.45) is 11.3. The number of amides is 3. The van der Waals surface area contributed by atoms with Crippen molar-refractivity contribution in [3.8, 4) is 0 Å². The largest absolute Gasteiger partial charge is 0.357 e. The van der Waals surface area contributed by atoms with Crippen molar-refractivity contribution in [2.45, 2.75) is 37.5 Å². The lowest BCUT2D eigenvalue weighted by atomic mass is 9.96. The Balaban J connectivity index is 1.41. The Bertz CT molecular complexity index is 815. The van der Waals surface area contributed by atoms with Crippen LogP contribution in [-0.2, 0) is 11.3 Å². The van der Waals surface area contributed by atoms with E-state index in [1.807, 2.05) is 9.80 Å². The van der Waals surface area contributed by atoms with Crippen LogP contribution in [0.4, 0.5) is 4.79 Å². The Kier molecular flexibility index (Phi) is 5.69. The predicted octanol–water partition coefficient (Wildman–Crippen LogP) is 2.11. The van der Waals surface area contributed by atoms with Gasteiger partial charge in [-0.2, -0.15) is 11.8 Å². The second-order valence-corrected chi connectivity index (χ2v) is 8.66. The van der Waals surface area contributed by atoms with Crippen LogP contribution >= 0.6 is 11.8 Å². The predicted molar refractivity (Wildman–Crippen MR) is 112 cm³/mol. The number of rotatable bonds is 5. The summed E-state index contributed by atoms with van der Waals surface area (Å²) in [5, 5.41) is 7.39. The van der Waals surface area contributed by atoms with Gasteiger partial charge in [0.05, 0.1) is 24.4 Å². The Morgan fingerprint density at radius 1 is 1.48 bits per heavy atom. The molecular formula is C20H27N5O3S. The summed E-state index contributed by atoms with van der Waals surface area (Å²) in [4.78, 5) is 31.4. The zero-order valence-corrected chi connectivity index (χ0v) is 17.5. The molecule has 0 bridgehead atoms. The molecule has 8 nitrogen and oxygen atoms in total. The molecule has 9 heteroatoms. The first kappa shape index (κ1) is 20.0. The van der Waals surface area contributed by atoms with Gasteiger partial charge in [0, 0.05) is 50.3 Å². The molecule has 1 unspecified atom stereocenters. The third-order valence-corrected chi connectivity index (χ3v) is 6.62. The van der Waals surface area contributed by atoms with Gasteiger partial charge < -0.3 is 14.3 Å². The summed E-state index contributed by atoms with van der Waals surface area (Å²) in [5.74, 6) is 1.80. The van der Waals surface area contributed by atoms with Crippen molar-refractivity contribution in [1.82, 2.24) is 25.2 Å².